The van der Waals surface area contributed by atoms with E-state index in [0.29, 0.717) is 18.4 Å². The third kappa shape index (κ3) is 3.96. The minimum Gasteiger partial charge on any atom is -0.476 e. The zero-order valence-corrected chi connectivity index (χ0v) is 11.1. The molecule has 1 unspecified atom stereocenters. The van der Waals surface area contributed by atoms with E-state index in [2.05, 4.69) is 34.0 Å². The molecule has 0 saturated heterocycles. The summed E-state index contributed by atoms with van der Waals surface area (Å²) in [4.78, 5) is 20.9. The van der Waals surface area contributed by atoms with Gasteiger partial charge in [0.1, 0.15) is 0 Å². The quantitative estimate of drug-likeness (QED) is 0.762. The van der Waals surface area contributed by atoms with Crippen molar-refractivity contribution < 1.29 is 9.90 Å². The van der Waals surface area contributed by atoms with Crippen LogP contribution in [0, 0.1) is 0 Å². The van der Waals surface area contributed by atoms with Crippen molar-refractivity contribution in [3.63, 3.8) is 0 Å². The normalized spacial score (nSPS) is 12.4. The summed E-state index contributed by atoms with van der Waals surface area (Å²) in [7, 11) is 2.05. The van der Waals surface area contributed by atoms with Gasteiger partial charge in [-0.15, -0.1) is 0 Å². The Kier molecular flexibility index (Phi) is 5.51. The number of carbonyl (C=O) groups is 1. The molecule has 1 heterocycles. The number of hydrogen-bond acceptors (Lipinski definition) is 5. The first kappa shape index (κ1) is 14.4. The molecule has 1 rings (SSSR count). The largest absolute Gasteiger partial charge is 0.476 e. The summed E-state index contributed by atoms with van der Waals surface area (Å²) in [6.07, 6.45) is 3.94. The lowest BCUT2D eigenvalue weighted by atomic mass is 10.2. The van der Waals surface area contributed by atoms with Crippen molar-refractivity contribution >= 4 is 11.8 Å². The Morgan fingerprint density at radius 1 is 1.50 bits per heavy atom. The molecule has 6 nitrogen and oxygen atoms in total. The van der Waals surface area contributed by atoms with Crippen LogP contribution >= 0.6 is 0 Å². The van der Waals surface area contributed by atoms with E-state index < -0.39 is 5.97 Å². The van der Waals surface area contributed by atoms with E-state index >= 15 is 0 Å². The topological polar surface area (TPSA) is 78.3 Å². The lowest BCUT2D eigenvalue weighted by Gasteiger charge is -2.23. The number of aromatic carboxylic acids is 1. The SMILES string of the molecule is CCC(C)N(C)CCNc1nccnc1C(=O)O. The molecule has 1 aromatic rings. The number of likely N-dealkylation sites (N-methyl/N-ethyl adjacent to an activating group) is 1. The summed E-state index contributed by atoms with van der Waals surface area (Å²) >= 11 is 0. The number of carboxylic acids is 1. The molecule has 0 aromatic carbocycles. The smallest absolute Gasteiger partial charge is 0.358 e. The number of anilines is 1. The molecule has 0 aliphatic heterocycles. The summed E-state index contributed by atoms with van der Waals surface area (Å²) in [5.74, 6) is -0.747. The van der Waals surface area contributed by atoms with Crippen molar-refractivity contribution in [2.24, 2.45) is 0 Å². The highest BCUT2D eigenvalue weighted by molar-refractivity contribution is 5.90. The molecule has 100 valence electrons. The second-order valence-electron chi connectivity index (χ2n) is 4.22. The van der Waals surface area contributed by atoms with Gasteiger partial charge >= 0.3 is 5.97 Å². The van der Waals surface area contributed by atoms with Gasteiger partial charge in [0, 0.05) is 31.5 Å². The van der Waals surface area contributed by atoms with E-state index in [1.54, 1.807) is 0 Å². The van der Waals surface area contributed by atoms with Crippen LogP contribution in [0.3, 0.4) is 0 Å². The highest BCUT2D eigenvalue weighted by Gasteiger charge is 2.12. The number of nitrogens with one attached hydrogen (secondary N) is 1. The molecule has 1 atom stereocenters. The molecule has 0 amide bonds. The van der Waals surface area contributed by atoms with Gasteiger partial charge < -0.3 is 15.3 Å². The molecular weight excluding hydrogens is 232 g/mol. The Balaban J connectivity index is 2.51. The second-order valence-corrected chi connectivity index (χ2v) is 4.22. The first-order valence-corrected chi connectivity index (χ1v) is 6.04. The fourth-order valence-electron chi connectivity index (χ4n) is 1.51. The Morgan fingerprint density at radius 2 is 2.17 bits per heavy atom. The number of carboxylic acid groups (broad SMARTS) is 1. The lowest BCUT2D eigenvalue weighted by Crippen LogP contribution is -2.33. The van der Waals surface area contributed by atoms with Gasteiger partial charge in [0.2, 0.25) is 0 Å². The minimum absolute atomic E-state index is 0.0382. The maximum Gasteiger partial charge on any atom is 0.358 e. The monoisotopic (exact) mass is 252 g/mol. The molecule has 18 heavy (non-hydrogen) atoms. The standard InChI is InChI=1S/C12H20N4O2/c1-4-9(2)16(3)8-7-15-11-10(12(17)18)13-5-6-14-11/h5-6,9H,4,7-8H2,1-3H3,(H,14,15)(H,17,18). The van der Waals surface area contributed by atoms with E-state index in [9.17, 15) is 4.79 Å². The van der Waals surface area contributed by atoms with Crippen molar-refractivity contribution in [3.8, 4) is 0 Å². The summed E-state index contributed by atoms with van der Waals surface area (Å²) < 4.78 is 0. The minimum atomic E-state index is -1.07. The van der Waals surface area contributed by atoms with Gasteiger partial charge in [0.25, 0.3) is 0 Å². The van der Waals surface area contributed by atoms with Crippen LogP contribution in [0.2, 0.25) is 0 Å². The third-order valence-electron chi connectivity index (χ3n) is 3.00. The fraction of sp³-hybridized carbons (Fsp3) is 0.583. The highest BCUT2D eigenvalue weighted by Crippen LogP contribution is 2.07. The van der Waals surface area contributed by atoms with Crippen LogP contribution in [0.5, 0.6) is 0 Å². The molecule has 0 bridgehead atoms. The molecule has 0 spiro atoms. The fourth-order valence-corrected chi connectivity index (χ4v) is 1.51. The van der Waals surface area contributed by atoms with Gasteiger partial charge in [0.15, 0.2) is 11.5 Å². The van der Waals surface area contributed by atoms with Gasteiger partial charge in [0.05, 0.1) is 0 Å². The summed E-state index contributed by atoms with van der Waals surface area (Å²) in [5, 5.41) is 12.0. The van der Waals surface area contributed by atoms with E-state index in [1.807, 2.05) is 7.05 Å². The van der Waals surface area contributed by atoms with Crippen LogP contribution in [0.15, 0.2) is 12.4 Å². The second kappa shape index (κ2) is 6.90. The van der Waals surface area contributed by atoms with Crippen LogP contribution in [-0.4, -0.2) is 52.1 Å². The predicted molar refractivity (Wildman–Crippen MR) is 69.9 cm³/mol. The number of aromatic nitrogens is 2. The summed E-state index contributed by atoms with van der Waals surface area (Å²) in [5.41, 5.74) is -0.0382. The number of hydrogen-bond donors (Lipinski definition) is 2. The highest BCUT2D eigenvalue weighted by atomic mass is 16.4. The van der Waals surface area contributed by atoms with Crippen molar-refractivity contribution in [3.05, 3.63) is 18.1 Å². The van der Waals surface area contributed by atoms with Gasteiger partial charge in [-0.1, -0.05) is 6.92 Å². The van der Waals surface area contributed by atoms with E-state index in [1.165, 1.54) is 12.4 Å². The van der Waals surface area contributed by atoms with Crippen molar-refractivity contribution in [1.82, 2.24) is 14.9 Å². The molecule has 1 aromatic heterocycles. The van der Waals surface area contributed by atoms with Crippen LogP contribution < -0.4 is 5.32 Å². The van der Waals surface area contributed by atoms with Crippen molar-refractivity contribution in [2.45, 2.75) is 26.3 Å². The molecule has 0 radical (unpaired) electrons. The predicted octanol–water partition coefficient (Wildman–Crippen LogP) is 1.32. The first-order chi connectivity index (χ1) is 8.56. The van der Waals surface area contributed by atoms with Gasteiger partial charge in [-0.25, -0.2) is 14.8 Å². The van der Waals surface area contributed by atoms with Crippen LogP contribution in [0.4, 0.5) is 5.82 Å². The Hall–Kier alpha value is -1.69. The molecule has 0 saturated carbocycles. The molecule has 6 heteroatoms. The van der Waals surface area contributed by atoms with E-state index in [-0.39, 0.29) is 5.69 Å². The summed E-state index contributed by atoms with van der Waals surface area (Å²) in [6.45, 7) is 5.76. The zero-order valence-electron chi connectivity index (χ0n) is 11.1. The Bertz CT molecular complexity index is 397. The van der Waals surface area contributed by atoms with E-state index in [4.69, 9.17) is 5.11 Å². The van der Waals surface area contributed by atoms with Crippen molar-refractivity contribution in [1.29, 1.82) is 0 Å². The average Bonchev–Trinajstić information content (AvgIpc) is 2.38. The molecule has 0 aliphatic rings. The molecular formula is C12H20N4O2. The maximum atomic E-state index is 10.9. The van der Waals surface area contributed by atoms with Crippen LogP contribution in [0.25, 0.3) is 0 Å². The molecule has 0 aliphatic carbocycles. The third-order valence-corrected chi connectivity index (χ3v) is 3.00. The molecule has 2 N–H and O–H groups in total. The van der Waals surface area contributed by atoms with Crippen molar-refractivity contribution in [2.75, 3.05) is 25.5 Å². The first-order valence-electron chi connectivity index (χ1n) is 6.04. The number of rotatable bonds is 7. The van der Waals surface area contributed by atoms with Gasteiger partial charge in [-0.2, -0.15) is 0 Å². The van der Waals surface area contributed by atoms with Gasteiger partial charge in [-0.3, -0.25) is 0 Å². The lowest BCUT2D eigenvalue weighted by molar-refractivity contribution is 0.0691. The summed E-state index contributed by atoms with van der Waals surface area (Å²) in [6, 6.07) is 0.507. The Labute approximate surface area is 107 Å². The number of nitrogens with zero attached hydrogens (tertiary/aromatic N) is 3. The van der Waals surface area contributed by atoms with Gasteiger partial charge in [-0.05, 0) is 20.4 Å². The average molecular weight is 252 g/mol. The van der Waals surface area contributed by atoms with E-state index in [0.717, 1.165) is 13.0 Å². The molecule has 0 fully saturated rings. The van der Waals surface area contributed by atoms with Crippen LogP contribution in [-0.2, 0) is 0 Å². The maximum absolute atomic E-state index is 10.9. The van der Waals surface area contributed by atoms with Crippen LogP contribution in [0.1, 0.15) is 30.8 Å². The zero-order chi connectivity index (χ0) is 13.5. The Morgan fingerprint density at radius 3 is 2.78 bits per heavy atom.